The molecule has 0 spiro atoms. The van der Waals surface area contributed by atoms with Crippen molar-refractivity contribution in [3.05, 3.63) is 30.1 Å². The van der Waals surface area contributed by atoms with Gasteiger partial charge in [0, 0.05) is 17.6 Å². The lowest BCUT2D eigenvalue weighted by Crippen LogP contribution is -2.44. The van der Waals surface area contributed by atoms with Crippen molar-refractivity contribution in [2.75, 3.05) is 5.32 Å². The van der Waals surface area contributed by atoms with Crippen molar-refractivity contribution in [1.82, 2.24) is 4.90 Å². The zero-order chi connectivity index (χ0) is 19.4. The number of anilines is 1. The number of fused-ring (bicyclic) bond motifs is 5. The summed E-state index contributed by atoms with van der Waals surface area (Å²) in [6.07, 6.45) is 5.94. The van der Waals surface area contributed by atoms with Gasteiger partial charge in [-0.3, -0.25) is 19.3 Å². The second kappa shape index (κ2) is 6.68. The van der Waals surface area contributed by atoms with Crippen LogP contribution in [0.15, 0.2) is 24.3 Å². The van der Waals surface area contributed by atoms with Crippen molar-refractivity contribution in [3.63, 3.8) is 0 Å². The Morgan fingerprint density at radius 2 is 1.46 bits per heavy atom. The zero-order valence-corrected chi connectivity index (χ0v) is 15.8. The van der Waals surface area contributed by atoms with Crippen LogP contribution < -0.4 is 5.32 Å². The second-order valence-electron chi connectivity index (χ2n) is 8.93. The highest BCUT2D eigenvalue weighted by atomic mass is 19.1. The lowest BCUT2D eigenvalue weighted by atomic mass is 9.81. The Morgan fingerprint density at radius 1 is 0.893 bits per heavy atom. The fourth-order valence-electron chi connectivity index (χ4n) is 6.17. The van der Waals surface area contributed by atoms with Gasteiger partial charge in [0.25, 0.3) is 0 Å². The predicted octanol–water partition coefficient (Wildman–Crippen LogP) is 3.35. The van der Waals surface area contributed by atoms with Crippen molar-refractivity contribution in [3.8, 4) is 0 Å². The van der Waals surface area contributed by atoms with Gasteiger partial charge >= 0.3 is 0 Å². The molecule has 1 aromatic carbocycles. The van der Waals surface area contributed by atoms with E-state index in [1.54, 1.807) is 17.0 Å². The second-order valence-corrected chi connectivity index (χ2v) is 8.93. The molecule has 148 valence electrons. The molecule has 4 atom stereocenters. The largest absolute Gasteiger partial charge is 0.326 e. The molecule has 4 aliphatic rings. The van der Waals surface area contributed by atoms with Crippen LogP contribution in [-0.2, 0) is 14.4 Å². The van der Waals surface area contributed by atoms with Crippen molar-refractivity contribution >= 4 is 23.4 Å². The van der Waals surface area contributed by atoms with E-state index >= 15 is 0 Å². The summed E-state index contributed by atoms with van der Waals surface area (Å²) >= 11 is 0. The van der Waals surface area contributed by atoms with Crippen molar-refractivity contribution in [2.45, 2.75) is 51.0 Å². The van der Waals surface area contributed by atoms with Crippen LogP contribution in [0.3, 0.4) is 0 Å². The van der Waals surface area contributed by atoms with Gasteiger partial charge in [0.05, 0.1) is 11.8 Å². The minimum Gasteiger partial charge on any atom is -0.326 e. The quantitative estimate of drug-likeness (QED) is 0.813. The molecule has 4 fully saturated rings. The molecular weight excluding hydrogens is 359 g/mol. The maximum atomic E-state index is 13.0. The Hall–Kier alpha value is -2.24. The molecule has 1 heterocycles. The number of likely N-dealkylation sites (tertiary alicyclic amines) is 1. The topological polar surface area (TPSA) is 66.5 Å². The number of imide groups is 1. The maximum Gasteiger partial charge on any atom is 0.233 e. The molecule has 1 saturated heterocycles. The number of amides is 3. The van der Waals surface area contributed by atoms with Crippen LogP contribution in [0.5, 0.6) is 0 Å². The van der Waals surface area contributed by atoms with Crippen LogP contribution >= 0.6 is 0 Å². The first kappa shape index (κ1) is 17.8. The molecule has 1 aromatic rings. The number of rotatable bonds is 3. The summed E-state index contributed by atoms with van der Waals surface area (Å²) < 4.78 is 13.0. The van der Waals surface area contributed by atoms with Crippen LogP contribution in [0, 0.1) is 35.4 Å². The fraction of sp³-hybridized carbons (Fsp3) is 0.591. The number of hydrogen-bond acceptors (Lipinski definition) is 3. The van der Waals surface area contributed by atoms with E-state index in [0.29, 0.717) is 43.2 Å². The highest BCUT2D eigenvalue weighted by Crippen LogP contribution is 2.56. The van der Waals surface area contributed by atoms with Gasteiger partial charge in [0.1, 0.15) is 5.82 Å². The van der Waals surface area contributed by atoms with Gasteiger partial charge in [-0.15, -0.1) is 0 Å². The first-order valence-corrected chi connectivity index (χ1v) is 10.5. The average Bonchev–Trinajstić information content (AvgIpc) is 3.38. The van der Waals surface area contributed by atoms with E-state index in [4.69, 9.17) is 0 Å². The van der Waals surface area contributed by atoms with Crippen molar-refractivity contribution in [2.24, 2.45) is 29.6 Å². The summed E-state index contributed by atoms with van der Waals surface area (Å²) in [7, 11) is 0. The third kappa shape index (κ3) is 2.76. The summed E-state index contributed by atoms with van der Waals surface area (Å²) in [5.74, 6) is 0.267. The third-order valence-electron chi connectivity index (χ3n) is 7.51. The van der Waals surface area contributed by atoms with Gasteiger partial charge in [0.15, 0.2) is 0 Å². The van der Waals surface area contributed by atoms with Gasteiger partial charge in [-0.25, -0.2) is 4.39 Å². The standard InChI is InChI=1S/C22H25FN2O3/c23-15-5-7-16(8-6-15)24-20(26)12-3-9-17(10-4-12)25-21(27)18-13-1-2-14(11-13)19(18)22(25)28/h5-8,12-14,17-19H,1-4,9-11H2,(H,24,26)/t12?,13-,14-,17?,18-,19+/m0/s1. The number of carbonyl (C=O) groups excluding carboxylic acids is 3. The molecular formula is C22H25FN2O3. The molecule has 0 radical (unpaired) electrons. The zero-order valence-electron chi connectivity index (χ0n) is 15.8. The van der Waals surface area contributed by atoms with Crippen molar-refractivity contribution in [1.29, 1.82) is 0 Å². The highest BCUT2D eigenvalue weighted by molar-refractivity contribution is 6.06. The van der Waals surface area contributed by atoms with E-state index in [-0.39, 0.29) is 47.3 Å². The number of hydrogen-bond donors (Lipinski definition) is 1. The van der Waals surface area contributed by atoms with Gasteiger partial charge < -0.3 is 5.32 Å². The lowest BCUT2D eigenvalue weighted by molar-refractivity contribution is -0.144. The summed E-state index contributed by atoms with van der Waals surface area (Å²) in [6.45, 7) is 0. The normalized spacial score (nSPS) is 36.7. The van der Waals surface area contributed by atoms with Crippen LogP contribution in [0.4, 0.5) is 10.1 Å². The molecule has 0 aromatic heterocycles. The number of halogens is 1. The SMILES string of the molecule is O=C(Nc1ccc(F)cc1)C1CCC(N2C(=O)[C@@H]3[C@H]4CC[C@@H](C4)[C@@H]3C2=O)CC1. The Kier molecular flexibility index (Phi) is 4.25. The first-order chi connectivity index (χ1) is 13.5. The lowest BCUT2D eigenvalue weighted by Gasteiger charge is -2.33. The predicted molar refractivity (Wildman–Crippen MR) is 100 cm³/mol. The van der Waals surface area contributed by atoms with E-state index in [9.17, 15) is 18.8 Å². The van der Waals surface area contributed by atoms with E-state index in [2.05, 4.69) is 5.32 Å². The Labute approximate surface area is 163 Å². The molecule has 2 bridgehead atoms. The smallest absolute Gasteiger partial charge is 0.233 e. The molecule has 3 amide bonds. The molecule has 3 saturated carbocycles. The molecule has 6 heteroatoms. The third-order valence-corrected chi connectivity index (χ3v) is 7.51. The molecule has 5 nitrogen and oxygen atoms in total. The van der Waals surface area contributed by atoms with E-state index < -0.39 is 0 Å². The number of nitrogens with one attached hydrogen (secondary N) is 1. The maximum absolute atomic E-state index is 13.0. The van der Waals surface area contributed by atoms with Gasteiger partial charge in [0.2, 0.25) is 17.7 Å². The fourth-order valence-corrected chi connectivity index (χ4v) is 6.17. The van der Waals surface area contributed by atoms with Crippen LogP contribution in [0.2, 0.25) is 0 Å². The summed E-state index contributed by atoms with van der Waals surface area (Å²) in [5.41, 5.74) is 0.585. The van der Waals surface area contributed by atoms with E-state index in [1.807, 2.05) is 0 Å². The molecule has 3 aliphatic carbocycles. The monoisotopic (exact) mass is 384 g/mol. The molecule has 1 N–H and O–H groups in total. The average molecular weight is 384 g/mol. The van der Waals surface area contributed by atoms with Crippen LogP contribution in [-0.4, -0.2) is 28.7 Å². The van der Waals surface area contributed by atoms with Crippen LogP contribution in [0.25, 0.3) is 0 Å². The Balaban J connectivity index is 1.20. The van der Waals surface area contributed by atoms with E-state index in [0.717, 1.165) is 19.3 Å². The summed E-state index contributed by atoms with van der Waals surface area (Å²) in [4.78, 5) is 40.0. The van der Waals surface area contributed by atoms with Gasteiger partial charge in [-0.1, -0.05) is 0 Å². The minimum atomic E-state index is -0.336. The molecule has 1 aliphatic heterocycles. The highest BCUT2D eigenvalue weighted by Gasteiger charge is 2.61. The van der Waals surface area contributed by atoms with E-state index in [1.165, 1.54) is 12.1 Å². The number of carbonyl (C=O) groups is 3. The molecule has 28 heavy (non-hydrogen) atoms. The van der Waals surface area contributed by atoms with Gasteiger partial charge in [-0.05, 0) is 81.0 Å². The summed E-state index contributed by atoms with van der Waals surface area (Å²) in [5, 5.41) is 2.84. The molecule has 0 unspecified atom stereocenters. The van der Waals surface area contributed by atoms with Crippen LogP contribution in [0.1, 0.15) is 44.9 Å². The first-order valence-electron chi connectivity index (χ1n) is 10.5. The Bertz CT molecular complexity index is 788. The summed E-state index contributed by atoms with van der Waals surface area (Å²) in [6, 6.07) is 5.68. The number of benzene rings is 1. The van der Waals surface area contributed by atoms with Gasteiger partial charge in [-0.2, -0.15) is 0 Å². The molecule has 5 rings (SSSR count). The van der Waals surface area contributed by atoms with Crippen molar-refractivity contribution < 1.29 is 18.8 Å². The minimum absolute atomic E-state index is 0.0557. The number of nitrogens with zero attached hydrogens (tertiary/aromatic N) is 1. The Morgan fingerprint density at radius 3 is 2.04 bits per heavy atom.